The average molecular weight is 226 g/mol. The molecule has 1 fully saturated rings. The summed E-state index contributed by atoms with van der Waals surface area (Å²) in [6, 6.07) is 0.821. The molecule has 0 aromatic carbocycles. The van der Waals surface area contributed by atoms with Crippen LogP contribution in [0.2, 0.25) is 0 Å². The molecular weight excluding hydrogens is 196 g/mol. The second kappa shape index (κ2) is 8.08. The molecule has 2 atom stereocenters. The Kier molecular flexibility index (Phi) is 7.06. The minimum absolute atomic E-state index is 0.821. The van der Waals surface area contributed by atoms with Gasteiger partial charge in [-0.25, -0.2) is 0 Å². The van der Waals surface area contributed by atoms with Crippen LogP contribution in [0.4, 0.5) is 0 Å². The standard InChI is InChI=1S/C14H30N2/c1-4-13-8-9-14(12-13)15-10-7-11-16(5-2)6-3/h13-15H,4-12H2,1-3H3. The van der Waals surface area contributed by atoms with Crippen LogP contribution in [0.1, 0.15) is 52.9 Å². The Morgan fingerprint density at radius 3 is 2.44 bits per heavy atom. The van der Waals surface area contributed by atoms with Crippen molar-refractivity contribution in [1.29, 1.82) is 0 Å². The zero-order valence-electron chi connectivity index (χ0n) is 11.5. The lowest BCUT2D eigenvalue weighted by Gasteiger charge is -2.19. The number of rotatable bonds is 8. The van der Waals surface area contributed by atoms with E-state index in [1.165, 1.54) is 58.3 Å². The molecule has 0 bridgehead atoms. The van der Waals surface area contributed by atoms with E-state index in [2.05, 4.69) is 31.0 Å². The molecule has 16 heavy (non-hydrogen) atoms. The quantitative estimate of drug-likeness (QED) is 0.640. The van der Waals surface area contributed by atoms with Gasteiger partial charge in [-0.15, -0.1) is 0 Å². The Labute approximate surface area is 102 Å². The number of hydrogen-bond donors (Lipinski definition) is 1. The van der Waals surface area contributed by atoms with Gasteiger partial charge >= 0.3 is 0 Å². The van der Waals surface area contributed by atoms with E-state index >= 15 is 0 Å². The SMILES string of the molecule is CCC1CCC(NCCCN(CC)CC)C1. The van der Waals surface area contributed by atoms with Crippen LogP contribution >= 0.6 is 0 Å². The van der Waals surface area contributed by atoms with Gasteiger partial charge in [0.15, 0.2) is 0 Å². The van der Waals surface area contributed by atoms with E-state index in [-0.39, 0.29) is 0 Å². The Bertz CT molecular complexity index is 166. The molecule has 0 radical (unpaired) electrons. The Hall–Kier alpha value is -0.0800. The van der Waals surface area contributed by atoms with E-state index in [1.807, 2.05) is 0 Å². The molecule has 1 saturated carbocycles. The number of nitrogens with zero attached hydrogens (tertiary/aromatic N) is 1. The van der Waals surface area contributed by atoms with E-state index < -0.39 is 0 Å². The van der Waals surface area contributed by atoms with Crippen molar-refractivity contribution in [2.75, 3.05) is 26.2 Å². The summed E-state index contributed by atoms with van der Waals surface area (Å²) < 4.78 is 0. The van der Waals surface area contributed by atoms with Crippen molar-refractivity contribution in [3.8, 4) is 0 Å². The van der Waals surface area contributed by atoms with E-state index in [0.717, 1.165) is 12.0 Å². The fraction of sp³-hybridized carbons (Fsp3) is 1.00. The lowest BCUT2D eigenvalue weighted by molar-refractivity contribution is 0.295. The van der Waals surface area contributed by atoms with Crippen molar-refractivity contribution in [2.24, 2.45) is 5.92 Å². The maximum absolute atomic E-state index is 3.72. The second-order valence-corrected chi connectivity index (χ2v) is 5.12. The topological polar surface area (TPSA) is 15.3 Å². The third-order valence-corrected chi connectivity index (χ3v) is 4.10. The van der Waals surface area contributed by atoms with Crippen LogP contribution in [-0.4, -0.2) is 37.1 Å². The molecular formula is C14H30N2. The van der Waals surface area contributed by atoms with Crippen LogP contribution in [0, 0.1) is 5.92 Å². The molecule has 0 amide bonds. The van der Waals surface area contributed by atoms with Gasteiger partial charge in [0.2, 0.25) is 0 Å². The highest BCUT2D eigenvalue weighted by atomic mass is 15.1. The molecule has 1 aliphatic carbocycles. The number of hydrogen-bond acceptors (Lipinski definition) is 2. The maximum Gasteiger partial charge on any atom is 0.00698 e. The Balaban J connectivity index is 1.99. The summed E-state index contributed by atoms with van der Waals surface area (Å²) in [6.07, 6.45) is 6.95. The highest BCUT2D eigenvalue weighted by Gasteiger charge is 2.22. The average Bonchev–Trinajstić information content (AvgIpc) is 2.77. The van der Waals surface area contributed by atoms with Crippen LogP contribution in [-0.2, 0) is 0 Å². The third kappa shape index (κ3) is 4.84. The first kappa shape index (κ1) is 14.0. The summed E-state index contributed by atoms with van der Waals surface area (Å²) in [5.74, 6) is 1.00. The highest BCUT2D eigenvalue weighted by molar-refractivity contribution is 4.79. The summed E-state index contributed by atoms with van der Waals surface area (Å²) in [6.45, 7) is 11.7. The molecule has 2 nitrogen and oxygen atoms in total. The van der Waals surface area contributed by atoms with Crippen molar-refractivity contribution in [1.82, 2.24) is 10.2 Å². The van der Waals surface area contributed by atoms with Crippen LogP contribution in [0.15, 0.2) is 0 Å². The summed E-state index contributed by atoms with van der Waals surface area (Å²) >= 11 is 0. The minimum atomic E-state index is 0.821. The van der Waals surface area contributed by atoms with Gasteiger partial charge < -0.3 is 10.2 Å². The van der Waals surface area contributed by atoms with Crippen molar-refractivity contribution in [3.63, 3.8) is 0 Å². The molecule has 1 rings (SSSR count). The van der Waals surface area contributed by atoms with Crippen molar-refractivity contribution in [3.05, 3.63) is 0 Å². The molecule has 0 saturated heterocycles. The molecule has 1 N–H and O–H groups in total. The van der Waals surface area contributed by atoms with E-state index in [0.29, 0.717) is 0 Å². The van der Waals surface area contributed by atoms with Gasteiger partial charge in [-0.1, -0.05) is 27.2 Å². The first-order valence-electron chi connectivity index (χ1n) is 7.25. The van der Waals surface area contributed by atoms with E-state index in [9.17, 15) is 0 Å². The molecule has 0 aromatic rings. The highest BCUT2D eigenvalue weighted by Crippen LogP contribution is 2.27. The Morgan fingerprint density at radius 1 is 1.12 bits per heavy atom. The van der Waals surface area contributed by atoms with Crippen LogP contribution in [0.25, 0.3) is 0 Å². The van der Waals surface area contributed by atoms with Gasteiger partial charge in [0, 0.05) is 6.04 Å². The molecule has 2 heteroatoms. The fourth-order valence-corrected chi connectivity index (χ4v) is 2.78. The summed E-state index contributed by atoms with van der Waals surface area (Å²) in [5, 5.41) is 3.72. The molecule has 0 heterocycles. The van der Waals surface area contributed by atoms with Crippen molar-refractivity contribution < 1.29 is 0 Å². The van der Waals surface area contributed by atoms with Crippen LogP contribution in [0.3, 0.4) is 0 Å². The van der Waals surface area contributed by atoms with E-state index in [1.54, 1.807) is 0 Å². The smallest absolute Gasteiger partial charge is 0.00698 e. The van der Waals surface area contributed by atoms with Crippen molar-refractivity contribution in [2.45, 2.75) is 58.9 Å². The zero-order chi connectivity index (χ0) is 11.8. The molecule has 2 unspecified atom stereocenters. The van der Waals surface area contributed by atoms with Gasteiger partial charge in [-0.05, 0) is 57.8 Å². The first-order valence-corrected chi connectivity index (χ1v) is 7.25. The molecule has 0 aliphatic heterocycles. The lowest BCUT2D eigenvalue weighted by atomic mass is 10.1. The minimum Gasteiger partial charge on any atom is -0.314 e. The van der Waals surface area contributed by atoms with Gasteiger partial charge in [0.1, 0.15) is 0 Å². The maximum atomic E-state index is 3.72. The van der Waals surface area contributed by atoms with E-state index in [4.69, 9.17) is 0 Å². The summed E-state index contributed by atoms with van der Waals surface area (Å²) in [7, 11) is 0. The largest absolute Gasteiger partial charge is 0.314 e. The van der Waals surface area contributed by atoms with Crippen LogP contribution < -0.4 is 5.32 Å². The first-order chi connectivity index (χ1) is 7.80. The van der Waals surface area contributed by atoms with Gasteiger partial charge in [0.05, 0.1) is 0 Å². The predicted molar refractivity (Wildman–Crippen MR) is 71.8 cm³/mol. The summed E-state index contributed by atoms with van der Waals surface area (Å²) in [4.78, 5) is 2.51. The monoisotopic (exact) mass is 226 g/mol. The number of nitrogens with one attached hydrogen (secondary N) is 1. The normalized spacial score (nSPS) is 25.5. The predicted octanol–water partition coefficient (Wildman–Crippen LogP) is 2.89. The van der Waals surface area contributed by atoms with Gasteiger partial charge in [-0.2, -0.15) is 0 Å². The van der Waals surface area contributed by atoms with Crippen molar-refractivity contribution >= 4 is 0 Å². The Morgan fingerprint density at radius 2 is 1.88 bits per heavy atom. The van der Waals surface area contributed by atoms with Gasteiger partial charge in [0.25, 0.3) is 0 Å². The second-order valence-electron chi connectivity index (χ2n) is 5.12. The third-order valence-electron chi connectivity index (χ3n) is 4.10. The molecule has 96 valence electrons. The lowest BCUT2D eigenvalue weighted by Crippen LogP contribution is -2.31. The molecule has 0 spiro atoms. The van der Waals surface area contributed by atoms with Gasteiger partial charge in [-0.3, -0.25) is 0 Å². The molecule has 0 aromatic heterocycles. The molecule has 1 aliphatic rings. The summed E-state index contributed by atoms with van der Waals surface area (Å²) in [5.41, 5.74) is 0. The fourth-order valence-electron chi connectivity index (χ4n) is 2.78. The zero-order valence-corrected chi connectivity index (χ0v) is 11.5. The van der Waals surface area contributed by atoms with Crippen LogP contribution in [0.5, 0.6) is 0 Å².